The van der Waals surface area contributed by atoms with Crippen LogP contribution in [0.25, 0.3) is 0 Å². The number of aromatic nitrogens is 3. The minimum atomic E-state index is -0.307. The summed E-state index contributed by atoms with van der Waals surface area (Å²) in [5.74, 6) is -0.0527. The Morgan fingerprint density at radius 1 is 1.33 bits per heavy atom. The number of benzene rings is 1. The van der Waals surface area contributed by atoms with Crippen LogP contribution in [0, 0.1) is 5.92 Å². The fourth-order valence-corrected chi connectivity index (χ4v) is 4.02. The van der Waals surface area contributed by atoms with Gasteiger partial charge in [-0.3, -0.25) is 9.59 Å². The van der Waals surface area contributed by atoms with E-state index in [2.05, 4.69) is 10.3 Å². The number of likely N-dealkylation sites (N-methyl/N-ethyl adjacent to an activating group) is 1. The molecule has 1 aliphatic rings. The van der Waals surface area contributed by atoms with Gasteiger partial charge < -0.3 is 19.6 Å². The number of carbonyl (C=O) groups is 2. The van der Waals surface area contributed by atoms with E-state index in [1.165, 1.54) is 0 Å². The molecule has 9 heteroatoms. The summed E-state index contributed by atoms with van der Waals surface area (Å²) in [6.07, 6.45) is 2.70. The van der Waals surface area contributed by atoms with Crippen molar-refractivity contribution in [3.05, 3.63) is 47.8 Å². The number of carbonyl (C=O) groups excluding carboxylic acids is 2. The summed E-state index contributed by atoms with van der Waals surface area (Å²) in [5.41, 5.74) is 1.81. The van der Waals surface area contributed by atoms with Crippen molar-refractivity contribution in [3.63, 3.8) is 0 Å². The van der Waals surface area contributed by atoms with E-state index in [0.717, 1.165) is 11.3 Å². The molecule has 1 aromatic carbocycles. The molecule has 0 saturated carbocycles. The SMILES string of the molecule is C[C@H](CO)N1C[C@H](C)[C@@H](CN(C)C(=O)Cc2ccccc2)OCc2cnnn2CCCC1=O. The first-order valence-electron chi connectivity index (χ1n) is 11.6. The molecule has 1 aliphatic heterocycles. The number of hydrogen-bond acceptors (Lipinski definition) is 6. The van der Waals surface area contributed by atoms with Crippen LogP contribution in [-0.4, -0.2) is 80.6 Å². The number of nitrogens with zero attached hydrogens (tertiary/aromatic N) is 5. The van der Waals surface area contributed by atoms with Crippen LogP contribution in [0.15, 0.2) is 36.5 Å². The van der Waals surface area contributed by atoms with Crippen molar-refractivity contribution in [2.75, 3.05) is 26.7 Å². The lowest BCUT2D eigenvalue weighted by molar-refractivity contribution is -0.138. The van der Waals surface area contributed by atoms with Gasteiger partial charge in [-0.05, 0) is 18.9 Å². The molecular formula is C24H35N5O4. The van der Waals surface area contributed by atoms with Crippen molar-refractivity contribution in [2.45, 2.75) is 58.4 Å². The summed E-state index contributed by atoms with van der Waals surface area (Å²) in [4.78, 5) is 29.2. The Hall–Kier alpha value is -2.78. The molecule has 2 heterocycles. The molecule has 3 rings (SSSR count). The Kier molecular flexibility index (Phi) is 8.96. The highest BCUT2D eigenvalue weighted by Gasteiger charge is 2.29. The molecule has 2 amide bonds. The van der Waals surface area contributed by atoms with E-state index in [1.54, 1.807) is 27.7 Å². The van der Waals surface area contributed by atoms with E-state index >= 15 is 0 Å². The standard InChI is InChI=1S/C24H35N5O4/c1-18-14-28(19(2)16-30)23(31)10-7-11-29-21(13-25-26-29)17-33-22(18)15-27(3)24(32)12-20-8-5-4-6-9-20/h4-6,8-9,13,18-19,22,30H,7,10-12,14-17H2,1-3H3/t18-,19+,22+/m0/s1. The molecular weight excluding hydrogens is 422 g/mol. The largest absolute Gasteiger partial charge is 0.394 e. The first-order valence-corrected chi connectivity index (χ1v) is 11.6. The highest BCUT2D eigenvalue weighted by Crippen LogP contribution is 2.18. The Balaban J connectivity index is 1.76. The Morgan fingerprint density at radius 2 is 2.09 bits per heavy atom. The molecule has 9 nitrogen and oxygen atoms in total. The third-order valence-electron chi connectivity index (χ3n) is 6.22. The minimum absolute atomic E-state index is 0.00195. The Labute approximate surface area is 195 Å². The quantitative estimate of drug-likeness (QED) is 0.706. The molecule has 3 atom stereocenters. The maximum Gasteiger partial charge on any atom is 0.226 e. The molecule has 180 valence electrons. The van der Waals surface area contributed by atoms with Crippen molar-refractivity contribution in [2.24, 2.45) is 5.92 Å². The average molecular weight is 458 g/mol. The number of fused-ring (bicyclic) bond motifs is 1. The van der Waals surface area contributed by atoms with Gasteiger partial charge >= 0.3 is 0 Å². The average Bonchev–Trinajstić information content (AvgIpc) is 3.26. The molecule has 0 spiro atoms. The Bertz CT molecular complexity index is 903. The third kappa shape index (κ3) is 6.85. The second-order valence-corrected chi connectivity index (χ2v) is 8.89. The molecule has 0 radical (unpaired) electrons. The summed E-state index contributed by atoms with van der Waals surface area (Å²) in [6.45, 7) is 5.50. The van der Waals surface area contributed by atoms with Crippen LogP contribution in [0.4, 0.5) is 0 Å². The molecule has 0 saturated heterocycles. The normalized spacial score (nSPS) is 21.0. The van der Waals surface area contributed by atoms with Gasteiger partial charge in [0.15, 0.2) is 0 Å². The van der Waals surface area contributed by atoms with E-state index in [9.17, 15) is 14.7 Å². The molecule has 1 N–H and O–H groups in total. The van der Waals surface area contributed by atoms with Crippen molar-refractivity contribution in [3.8, 4) is 0 Å². The molecule has 1 aromatic heterocycles. The van der Waals surface area contributed by atoms with Gasteiger partial charge in [0.05, 0.1) is 43.7 Å². The topological polar surface area (TPSA) is 101 Å². The summed E-state index contributed by atoms with van der Waals surface area (Å²) in [7, 11) is 1.78. The first kappa shape index (κ1) is 24.9. The molecule has 33 heavy (non-hydrogen) atoms. The van der Waals surface area contributed by atoms with E-state index in [-0.39, 0.29) is 36.5 Å². The number of ether oxygens (including phenoxy) is 1. The van der Waals surface area contributed by atoms with Crippen molar-refractivity contribution >= 4 is 11.8 Å². The molecule has 0 unspecified atom stereocenters. The summed E-state index contributed by atoms with van der Waals surface area (Å²) in [6, 6.07) is 9.36. The lowest BCUT2D eigenvalue weighted by Gasteiger charge is -2.35. The summed E-state index contributed by atoms with van der Waals surface area (Å²) >= 11 is 0. The first-order chi connectivity index (χ1) is 15.9. The fraction of sp³-hybridized carbons (Fsp3) is 0.583. The predicted molar refractivity (Wildman–Crippen MR) is 123 cm³/mol. The monoisotopic (exact) mass is 457 g/mol. The minimum Gasteiger partial charge on any atom is -0.394 e. The van der Waals surface area contributed by atoms with E-state index in [0.29, 0.717) is 45.5 Å². The van der Waals surface area contributed by atoms with Gasteiger partial charge in [-0.2, -0.15) is 0 Å². The van der Waals surface area contributed by atoms with E-state index < -0.39 is 0 Å². The van der Waals surface area contributed by atoms with Crippen molar-refractivity contribution < 1.29 is 19.4 Å². The zero-order valence-corrected chi connectivity index (χ0v) is 19.8. The van der Waals surface area contributed by atoms with Crippen molar-refractivity contribution in [1.29, 1.82) is 0 Å². The zero-order valence-electron chi connectivity index (χ0n) is 19.8. The Morgan fingerprint density at radius 3 is 2.82 bits per heavy atom. The van der Waals surface area contributed by atoms with Gasteiger partial charge in [-0.1, -0.05) is 42.5 Å². The molecule has 0 fully saturated rings. The number of aryl methyl sites for hydroxylation is 1. The van der Waals surface area contributed by atoms with Crippen LogP contribution in [0.3, 0.4) is 0 Å². The summed E-state index contributed by atoms with van der Waals surface area (Å²) in [5, 5.41) is 17.8. The number of rotatable bonds is 6. The van der Waals surface area contributed by atoms with Gasteiger partial charge in [0.2, 0.25) is 11.8 Å². The van der Waals surface area contributed by atoms with Crippen LogP contribution < -0.4 is 0 Å². The second kappa shape index (κ2) is 11.9. The van der Waals surface area contributed by atoms with Crippen molar-refractivity contribution in [1.82, 2.24) is 24.8 Å². The van der Waals surface area contributed by atoms with Crippen LogP contribution >= 0.6 is 0 Å². The lowest BCUT2D eigenvalue weighted by atomic mass is 10.0. The van der Waals surface area contributed by atoms with Crippen LogP contribution in [0.5, 0.6) is 0 Å². The van der Waals surface area contributed by atoms with Gasteiger partial charge in [0.1, 0.15) is 0 Å². The highest BCUT2D eigenvalue weighted by atomic mass is 16.5. The van der Waals surface area contributed by atoms with Crippen LogP contribution in [0.1, 0.15) is 37.9 Å². The fourth-order valence-electron chi connectivity index (χ4n) is 4.02. The second-order valence-electron chi connectivity index (χ2n) is 8.89. The zero-order chi connectivity index (χ0) is 23.8. The van der Waals surface area contributed by atoms with Crippen LogP contribution in [-0.2, 0) is 33.9 Å². The van der Waals surface area contributed by atoms with Gasteiger partial charge in [-0.15, -0.1) is 5.10 Å². The molecule has 2 aromatic rings. The number of aliphatic hydroxyl groups is 1. The third-order valence-corrected chi connectivity index (χ3v) is 6.22. The van der Waals surface area contributed by atoms with Gasteiger partial charge in [0.25, 0.3) is 0 Å². The van der Waals surface area contributed by atoms with E-state index in [1.807, 2.05) is 44.2 Å². The van der Waals surface area contributed by atoms with E-state index in [4.69, 9.17) is 4.74 Å². The highest BCUT2D eigenvalue weighted by molar-refractivity contribution is 5.78. The van der Waals surface area contributed by atoms with Crippen LogP contribution in [0.2, 0.25) is 0 Å². The lowest BCUT2D eigenvalue weighted by Crippen LogP contribution is -2.48. The molecule has 0 bridgehead atoms. The predicted octanol–water partition coefficient (Wildman–Crippen LogP) is 1.50. The van der Waals surface area contributed by atoms with Gasteiger partial charge in [0, 0.05) is 39.0 Å². The maximum atomic E-state index is 12.9. The van der Waals surface area contributed by atoms with Gasteiger partial charge in [-0.25, -0.2) is 4.68 Å². The number of hydrogen-bond donors (Lipinski definition) is 1. The molecule has 0 aliphatic carbocycles. The smallest absolute Gasteiger partial charge is 0.226 e. The summed E-state index contributed by atoms with van der Waals surface area (Å²) < 4.78 is 8.05. The number of aliphatic hydroxyl groups excluding tert-OH is 1. The maximum absolute atomic E-state index is 12.9. The number of amides is 2.